The Bertz CT molecular complexity index is 866. The molecule has 0 bridgehead atoms. The van der Waals surface area contributed by atoms with Crippen molar-refractivity contribution in [3.63, 3.8) is 0 Å². The van der Waals surface area contributed by atoms with E-state index in [1.54, 1.807) is 30.3 Å². The Morgan fingerprint density at radius 2 is 1.81 bits per heavy atom. The topological polar surface area (TPSA) is 102 Å². The van der Waals surface area contributed by atoms with Gasteiger partial charge in [0.25, 0.3) is 0 Å². The second kappa shape index (κ2) is 7.87. The summed E-state index contributed by atoms with van der Waals surface area (Å²) in [6.07, 6.45) is 6.20. The summed E-state index contributed by atoms with van der Waals surface area (Å²) in [5.41, 5.74) is 5.88. The zero-order valence-corrected chi connectivity index (χ0v) is 16.7. The molecule has 1 saturated carbocycles. The minimum absolute atomic E-state index is 0. The quantitative estimate of drug-likeness (QED) is 0.827. The van der Waals surface area contributed by atoms with Crippen molar-refractivity contribution in [2.24, 2.45) is 5.73 Å². The third-order valence-electron chi connectivity index (χ3n) is 5.47. The molecule has 0 spiro atoms. The Kier molecular flexibility index (Phi) is 5.90. The summed E-state index contributed by atoms with van der Waals surface area (Å²) in [5.74, 6) is 0.864. The van der Waals surface area contributed by atoms with E-state index in [4.69, 9.17) is 10.3 Å². The van der Waals surface area contributed by atoms with Crippen molar-refractivity contribution >= 4 is 22.4 Å². The number of sulfonamides is 1. The molecule has 148 valence electrons. The summed E-state index contributed by atoms with van der Waals surface area (Å²) in [6, 6.07) is 8.07. The van der Waals surface area contributed by atoms with Crippen molar-refractivity contribution in [2.75, 3.05) is 6.54 Å². The largest absolute Gasteiger partial charge is 0.337 e. The van der Waals surface area contributed by atoms with E-state index in [9.17, 15) is 8.42 Å². The van der Waals surface area contributed by atoms with E-state index in [0.29, 0.717) is 24.7 Å². The molecule has 4 rings (SSSR count). The number of aromatic nitrogens is 2. The summed E-state index contributed by atoms with van der Waals surface area (Å²) >= 11 is 0. The van der Waals surface area contributed by atoms with Crippen molar-refractivity contribution in [1.82, 2.24) is 14.4 Å². The normalized spacial score (nSPS) is 23.1. The lowest BCUT2D eigenvalue weighted by Crippen LogP contribution is -2.39. The van der Waals surface area contributed by atoms with Gasteiger partial charge in [-0.3, -0.25) is 0 Å². The lowest BCUT2D eigenvalue weighted by atomic mass is 9.98. The fourth-order valence-corrected chi connectivity index (χ4v) is 5.64. The number of rotatable bonds is 4. The summed E-state index contributed by atoms with van der Waals surface area (Å²) in [4.78, 5) is 4.83. The maximum absolute atomic E-state index is 13.1. The molecule has 27 heavy (non-hydrogen) atoms. The van der Waals surface area contributed by atoms with E-state index in [1.807, 2.05) is 0 Å². The van der Waals surface area contributed by atoms with Gasteiger partial charge in [-0.1, -0.05) is 42.6 Å². The summed E-state index contributed by atoms with van der Waals surface area (Å²) in [7, 11) is -3.61. The highest BCUT2D eigenvalue weighted by atomic mass is 35.5. The first-order valence-corrected chi connectivity index (χ1v) is 10.6. The maximum atomic E-state index is 13.1. The van der Waals surface area contributed by atoms with Crippen LogP contribution in [0, 0.1) is 0 Å². The first kappa shape index (κ1) is 20.3. The first-order valence-electron chi connectivity index (χ1n) is 9.21. The molecule has 1 saturated heterocycles. The number of halogens is 1. The van der Waals surface area contributed by atoms with Gasteiger partial charge >= 0.3 is 0 Å². The van der Waals surface area contributed by atoms with Gasteiger partial charge in [-0.15, -0.1) is 12.4 Å². The molecule has 0 amide bonds. The number of benzene rings is 1. The van der Waals surface area contributed by atoms with E-state index < -0.39 is 21.6 Å². The Balaban J connectivity index is 0.00000210. The molecule has 1 unspecified atom stereocenters. The molecule has 2 aromatic rings. The monoisotopic (exact) mass is 412 g/mol. The van der Waals surface area contributed by atoms with Crippen molar-refractivity contribution in [1.29, 1.82) is 0 Å². The molecular weight excluding hydrogens is 388 g/mol. The first-order chi connectivity index (χ1) is 12.5. The zero-order chi connectivity index (χ0) is 18.2. The predicted octanol–water partition coefficient (Wildman–Crippen LogP) is 3.14. The van der Waals surface area contributed by atoms with Crippen LogP contribution in [0.5, 0.6) is 0 Å². The highest BCUT2D eigenvalue weighted by Crippen LogP contribution is 2.38. The molecule has 2 N–H and O–H groups in total. The average Bonchev–Trinajstić information content (AvgIpc) is 3.33. The lowest BCUT2D eigenvalue weighted by Gasteiger charge is -2.32. The lowest BCUT2D eigenvalue weighted by molar-refractivity contribution is 0.204. The van der Waals surface area contributed by atoms with Gasteiger partial charge in [0, 0.05) is 6.54 Å². The van der Waals surface area contributed by atoms with E-state index >= 15 is 0 Å². The van der Waals surface area contributed by atoms with Crippen molar-refractivity contribution in [3.8, 4) is 0 Å². The Morgan fingerprint density at radius 1 is 1.11 bits per heavy atom. The van der Waals surface area contributed by atoms with Crippen LogP contribution in [0.4, 0.5) is 0 Å². The molecule has 2 fully saturated rings. The van der Waals surface area contributed by atoms with E-state index in [1.165, 1.54) is 4.31 Å². The second-order valence-electron chi connectivity index (χ2n) is 7.26. The summed E-state index contributed by atoms with van der Waals surface area (Å²) < 4.78 is 33.2. The molecule has 1 aromatic carbocycles. The van der Waals surface area contributed by atoms with Crippen LogP contribution in [-0.4, -0.2) is 29.4 Å². The van der Waals surface area contributed by atoms with Gasteiger partial charge in [-0.05, 0) is 37.8 Å². The number of nitrogens with two attached hydrogens (primary N) is 1. The zero-order valence-electron chi connectivity index (χ0n) is 15.1. The highest BCUT2D eigenvalue weighted by Gasteiger charge is 2.40. The van der Waals surface area contributed by atoms with Gasteiger partial charge in [-0.2, -0.15) is 9.29 Å². The van der Waals surface area contributed by atoms with Crippen LogP contribution < -0.4 is 5.73 Å². The molecular formula is C18H25ClN4O3S. The van der Waals surface area contributed by atoms with E-state index in [-0.39, 0.29) is 17.3 Å². The van der Waals surface area contributed by atoms with Gasteiger partial charge in [0.1, 0.15) is 6.04 Å². The number of nitrogens with zero attached hydrogens (tertiary/aromatic N) is 3. The van der Waals surface area contributed by atoms with Crippen LogP contribution in [0.3, 0.4) is 0 Å². The molecule has 1 aliphatic heterocycles. The maximum Gasteiger partial charge on any atom is 0.245 e. The van der Waals surface area contributed by atoms with Gasteiger partial charge in [-0.25, -0.2) is 8.42 Å². The Hall–Kier alpha value is -1.48. The fraction of sp³-hybridized carbons (Fsp3) is 0.556. The highest BCUT2D eigenvalue weighted by molar-refractivity contribution is 7.89. The third kappa shape index (κ3) is 3.76. The van der Waals surface area contributed by atoms with Crippen LogP contribution in [-0.2, 0) is 15.6 Å². The van der Waals surface area contributed by atoms with Crippen LogP contribution in [0.25, 0.3) is 0 Å². The van der Waals surface area contributed by atoms with Crippen LogP contribution in [0.15, 0.2) is 39.8 Å². The molecule has 9 heteroatoms. The van der Waals surface area contributed by atoms with Gasteiger partial charge in [0.15, 0.2) is 5.82 Å². The van der Waals surface area contributed by atoms with Crippen LogP contribution in [0.1, 0.15) is 62.7 Å². The van der Waals surface area contributed by atoms with Crippen molar-refractivity contribution in [2.45, 2.75) is 61.4 Å². The van der Waals surface area contributed by atoms with E-state index in [2.05, 4.69) is 10.1 Å². The molecule has 2 aliphatic rings. The number of piperidine rings is 1. The van der Waals surface area contributed by atoms with Crippen molar-refractivity contribution < 1.29 is 12.9 Å². The SMILES string of the molecule is Cl.NC1(c2noc(C3CCCCN3S(=O)(=O)c3ccccc3)n2)CCCC1. The predicted molar refractivity (Wildman–Crippen MR) is 103 cm³/mol. The smallest absolute Gasteiger partial charge is 0.245 e. The molecule has 2 heterocycles. The molecule has 7 nitrogen and oxygen atoms in total. The minimum Gasteiger partial charge on any atom is -0.337 e. The molecule has 0 radical (unpaired) electrons. The second-order valence-corrected chi connectivity index (χ2v) is 9.15. The Morgan fingerprint density at radius 3 is 2.52 bits per heavy atom. The van der Waals surface area contributed by atoms with Crippen LogP contribution >= 0.6 is 12.4 Å². The Labute approximate surface area is 165 Å². The number of hydrogen-bond donors (Lipinski definition) is 1. The van der Waals surface area contributed by atoms with Gasteiger partial charge in [0.2, 0.25) is 15.9 Å². The van der Waals surface area contributed by atoms with E-state index in [0.717, 1.165) is 38.5 Å². The minimum atomic E-state index is -3.61. The molecule has 1 aromatic heterocycles. The fourth-order valence-electron chi connectivity index (χ4n) is 3.97. The van der Waals surface area contributed by atoms with Crippen molar-refractivity contribution in [3.05, 3.63) is 42.0 Å². The summed E-state index contributed by atoms with van der Waals surface area (Å²) in [6.45, 7) is 0.452. The molecule has 1 aliphatic carbocycles. The van der Waals surface area contributed by atoms with Gasteiger partial charge < -0.3 is 10.3 Å². The van der Waals surface area contributed by atoms with Gasteiger partial charge in [0.05, 0.1) is 10.4 Å². The average molecular weight is 413 g/mol. The number of hydrogen-bond acceptors (Lipinski definition) is 6. The molecule has 1 atom stereocenters. The standard InChI is InChI=1S/C18H24N4O3S.ClH/c19-18(11-5-6-12-18)17-20-16(25-21-17)15-10-4-7-13-22(15)26(23,24)14-8-2-1-3-9-14;/h1-3,8-9,15H,4-7,10-13,19H2;1H. The third-order valence-corrected chi connectivity index (χ3v) is 7.39. The van der Waals surface area contributed by atoms with Crippen LogP contribution in [0.2, 0.25) is 0 Å². The summed E-state index contributed by atoms with van der Waals surface area (Å²) in [5, 5.41) is 4.10.